The van der Waals surface area contributed by atoms with Crippen molar-refractivity contribution in [2.75, 3.05) is 0 Å². The molecule has 0 aliphatic carbocycles. The Balaban J connectivity index is 2.68. The first-order chi connectivity index (χ1) is 7.27. The lowest BCUT2D eigenvalue weighted by molar-refractivity contribution is 0.523. The lowest BCUT2D eigenvalue weighted by atomic mass is 10.0. The second-order valence-electron chi connectivity index (χ2n) is 3.10. The van der Waals surface area contributed by atoms with Crippen LogP contribution in [-0.2, 0) is 0 Å². The number of aromatic nitrogens is 1. The predicted molar refractivity (Wildman–Crippen MR) is 62.0 cm³/mol. The van der Waals surface area contributed by atoms with E-state index in [1.807, 2.05) is 19.1 Å². The molecule has 3 nitrogen and oxygen atoms in total. The maximum absolute atomic E-state index is 5.80. The number of pyridine rings is 1. The van der Waals surface area contributed by atoms with Crippen LogP contribution in [-0.4, -0.2) is 4.98 Å². The largest absolute Gasteiger partial charge is 0.271 e. The summed E-state index contributed by atoms with van der Waals surface area (Å²) in [4.78, 5) is 3.92. The molecule has 0 amide bonds. The Morgan fingerprint density at radius 2 is 2.47 bits per heavy atom. The maximum Gasteiger partial charge on any atom is 0.129 e. The molecule has 1 rings (SSSR count). The van der Waals surface area contributed by atoms with E-state index in [-0.39, 0.29) is 6.04 Å². The molecule has 1 unspecified atom stereocenters. The number of nitrogens with one attached hydrogen (secondary N) is 1. The van der Waals surface area contributed by atoms with Crippen LogP contribution in [0.4, 0.5) is 0 Å². The van der Waals surface area contributed by atoms with Gasteiger partial charge in [0.25, 0.3) is 0 Å². The molecule has 0 spiro atoms. The Labute approximate surface area is 95.0 Å². The standard InChI is InChI=1S/C11H14ClN3/c1-2-3-4-5-10(15-13)9-6-7-14-11(12)8-9/h6-8,10,15H,4-5,13H2,1H3. The van der Waals surface area contributed by atoms with E-state index in [9.17, 15) is 0 Å². The molecule has 4 heteroatoms. The van der Waals surface area contributed by atoms with Gasteiger partial charge in [0.2, 0.25) is 0 Å². The van der Waals surface area contributed by atoms with Crippen LogP contribution in [0.15, 0.2) is 18.3 Å². The Morgan fingerprint density at radius 1 is 1.67 bits per heavy atom. The zero-order valence-electron chi connectivity index (χ0n) is 8.63. The summed E-state index contributed by atoms with van der Waals surface area (Å²) in [6.07, 6.45) is 3.34. The second kappa shape index (κ2) is 6.41. The Morgan fingerprint density at radius 3 is 3.07 bits per heavy atom. The summed E-state index contributed by atoms with van der Waals surface area (Å²) >= 11 is 5.80. The highest BCUT2D eigenvalue weighted by atomic mass is 35.5. The van der Waals surface area contributed by atoms with E-state index in [1.54, 1.807) is 6.20 Å². The van der Waals surface area contributed by atoms with Crippen LogP contribution in [0.25, 0.3) is 0 Å². The zero-order valence-corrected chi connectivity index (χ0v) is 9.38. The minimum absolute atomic E-state index is 0.0753. The van der Waals surface area contributed by atoms with Crippen LogP contribution in [0.1, 0.15) is 31.4 Å². The van der Waals surface area contributed by atoms with E-state index in [1.165, 1.54) is 0 Å². The molecule has 3 N–H and O–H groups in total. The molecule has 0 radical (unpaired) electrons. The molecular formula is C11H14ClN3. The van der Waals surface area contributed by atoms with Crippen LogP contribution in [0.3, 0.4) is 0 Å². The summed E-state index contributed by atoms with van der Waals surface area (Å²) in [6.45, 7) is 1.83. The molecule has 0 aliphatic heterocycles. The van der Waals surface area contributed by atoms with E-state index in [0.29, 0.717) is 5.15 Å². The molecule has 0 aromatic carbocycles. The van der Waals surface area contributed by atoms with Crippen molar-refractivity contribution in [3.8, 4) is 11.8 Å². The molecule has 1 atom stereocenters. The van der Waals surface area contributed by atoms with Crippen molar-refractivity contribution in [1.82, 2.24) is 10.4 Å². The quantitative estimate of drug-likeness (QED) is 0.356. The molecule has 1 heterocycles. The number of rotatable bonds is 4. The summed E-state index contributed by atoms with van der Waals surface area (Å²) in [5.41, 5.74) is 3.79. The van der Waals surface area contributed by atoms with E-state index in [2.05, 4.69) is 22.3 Å². The van der Waals surface area contributed by atoms with Crippen molar-refractivity contribution in [2.45, 2.75) is 25.8 Å². The van der Waals surface area contributed by atoms with Gasteiger partial charge in [-0.05, 0) is 31.0 Å². The molecule has 80 valence electrons. The van der Waals surface area contributed by atoms with Crippen LogP contribution in [0, 0.1) is 11.8 Å². The summed E-state index contributed by atoms with van der Waals surface area (Å²) in [6, 6.07) is 3.78. The van der Waals surface area contributed by atoms with Gasteiger partial charge in [0.05, 0.1) is 0 Å². The average molecular weight is 224 g/mol. The highest BCUT2D eigenvalue weighted by molar-refractivity contribution is 6.29. The highest BCUT2D eigenvalue weighted by Crippen LogP contribution is 2.19. The minimum atomic E-state index is 0.0753. The van der Waals surface area contributed by atoms with Gasteiger partial charge in [-0.3, -0.25) is 11.3 Å². The van der Waals surface area contributed by atoms with Crippen molar-refractivity contribution < 1.29 is 0 Å². The van der Waals surface area contributed by atoms with Gasteiger partial charge in [-0.25, -0.2) is 4.98 Å². The number of hydrogen-bond donors (Lipinski definition) is 2. The monoisotopic (exact) mass is 223 g/mol. The number of nitrogens with zero attached hydrogens (tertiary/aromatic N) is 1. The van der Waals surface area contributed by atoms with Gasteiger partial charge in [0, 0.05) is 18.7 Å². The Bertz CT molecular complexity index is 368. The fraction of sp³-hybridized carbons (Fsp3) is 0.364. The third kappa shape index (κ3) is 3.88. The van der Waals surface area contributed by atoms with Gasteiger partial charge in [-0.2, -0.15) is 0 Å². The second-order valence-corrected chi connectivity index (χ2v) is 3.48. The molecule has 0 fully saturated rings. The van der Waals surface area contributed by atoms with Crippen molar-refractivity contribution >= 4 is 11.6 Å². The van der Waals surface area contributed by atoms with Gasteiger partial charge in [0.1, 0.15) is 5.15 Å². The molecule has 0 saturated carbocycles. The molecule has 1 aromatic rings. The molecule has 15 heavy (non-hydrogen) atoms. The first-order valence-electron chi connectivity index (χ1n) is 4.75. The highest BCUT2D eigenvalue weighted by Gasteiger charge is 2.08. The lowest BCUT2D eigenvalue weighted by Crippen LogP contribution is -2.27. The van der Waals surface area contributed by atoms with Gasteiger partial charge in [-0.1, -0.05) is 11.6 Å². The van der Waals surface area contributed by atoms with E-state index in [4.69, 9.17) is 17.4 Å². The average Bonchev–Trinajstić information content (AvgIpc) is 2.24. The Hall–Kier alpha value is -1.08. The van der Waals surface area contributed by atoms with Gasteiger partial charge in [-0.15, -0.1) is 11.8 Å². The fourth-order valence-corrected chi connectivity index (χ4v) is 1.50. The number of nitrogens with two attached hydrogens (primary N) is 1. The molecule has 0 saturated heterocycles. The van der Waals surface area contributed by atoms with Crippen LogP contribution >= 0.6 is 11.6 Å². The summed E-state index contributed by atoms with van der Waals surface area (Å²) in [5, 5.41) is 0.481. The number of hydrazine groups is 1. The minimum Gasteiger partial charge on any atom is -0.271 e. The summed E-state index contributed by atoms with van der Waals surface area (Å²) in [5.74, 6) is 11.3. The predicted octanol–water partition coefficient (Wildman–Crippen LogP) is 2.04. The van der Waals surface area contributed by atoms with Crippen LogP contribution in [0.5, 0.6) is 0 Å². The van der Waals surface area contributed by atoms with Crippen molar-refractivity contribution in [3.63, 3.8) is 0 Å². The molecule has 1 aromatic heterocycles. The van der Waals surface area contributed by atoms with Crippen molar-refractivity contribution in [1.29, 1.82) is 0 Å². The van der Waals surface area contributed by atoms with Crippen LogP contribution < -0.4 is 11.3 Å². The Kier molecular flexibility index (Phi) is 5.13. The first kappa shape index (κ1) is 12.0. The maximum atomic E-state index is 5.80. The lowest BCUT2D eigenvalue weighted by Gasteiger charge is -2.14. The molecule has 0 aliphatic rings. The number of hydrogen-bond acceptors (Lipinski definition) is 3. The smallest absolute Gasteiger partial charge is 0.129 e. The normalized spacial score (nSPS) is 11.7. The number of halogens is 1. The SMILES string of the molecule is CC#CCCC(NN)c1ccnc(Cl)c1. The molecular weight excluding hydrogens is 210 g/mol. The van der Waals surface area contributed by atoms with Gasteiger partial charge >= 0.3 is 0 Å². The summed E-state index contributed by atoms with van der Waals surface area (Å²) in [7, 11) is 0. The van der Waals surface area contributed by atoms with Gasteiger partial charge in [0.15, 0.2) is 0 Å². The van der Waals surface area contributed by atoms with E-state index in [0.717, 1.165) is 18.4 Å². The first-order valence-corrected chi connectivity index (χ1v) is 5.13. The van der Waals surface area contributed by atoms with Crippen LogP contribution in [0.2, 0.25) is 5.15 Å². The fourth-order valence-electron chi connectivity index (χ4n) is 1.32. The zero-order chi connectivity index (χ0) is 11.1. The van der Waals surface area contributed by atoms with Gasteiger partial charge < -0.3 is 0 Å². The van der Waals surface area contributed by atoms with E-state index < -0.39 is 0 Å². The van der Waals surface area contributed by atoms with Crippen molar-refractivity contribution in [2.24, 2.45) is 5.84 Å². The summed E-state index contributed by atoms with van der Waals surface area (Å²) < 4.78 is 0. The third-order valence-corrected chi connectivity index (χ3v) is 2.30. The third-order valence-electron chi connectivity index (χ3n) is 2.09. The topological polar surface area (TPSA) is 50.9 Å². The van der Waals surface area contributed by atoms with Crippen molar-refractivity contribution in [3.05, 3.63) is 29.0 Å². The molecule has 0 bridgehead atoms. The van der Waals surface area contributed by atoms with E-state index >= 15 is 0 Å².